The lowest BCUT2D eigenvalue weighted by Crippen LogP contribution is -2.23. The van der Waals surface area contributed by atoms with Gasteiger partial charge in [-0.25, -0.2) is 0 Å². The van der Waals surface area contributed by atoms with Crippen LogP contribution in [0.5, 0.6) is 0 Å². The van der Waals surface area contributed by atoms with Crippen LogP contribution in [0.1, 0.15) is 35.2 Å². The number of benzene rings is 2. The maximum atomic E-state index is 12.4. The third-order valence-corrected chi connectivity index (χ3v) is 4.33. The highest BCUT2D eigenvalue weighted by atomic mass is 16.4. The highest BCUT2D eigenvalue weighted by Gasteiger charge is 2.21. The van der Waals surface area contributed by atoms with Gasteiger partial charge in [-0.2, -0.15) is 0 Å². The van der Waals surface area contributed by atoms with E-state index in [-0.39, 0.29) is 18.2 Å². The number of hydrogen-bond acceptors (Lipinski definition) is 3. The second kappa shape index (κ2) is 7.82. The summed E-state index contributed by atoms with van der Waals surface area (Å²) in [5.41, 5.74) is 2.78. The van der Waals surface area contributed by atoms with Gasteiger partial charge in [-0.1, -0.05) is 12.1 Å². The van der Waals surface area contributed by atoms with E-state index in [1.807, 2.05) is 6.07 Å². The molecule has 6 nitrogen and oxygen atoms in total. The smallest absolute Gasteiger partial charge is 0.303 e. The highest BCUT2D eigenvalue weighted by molar-refractivity contribution is 6.05. The molecule has 1 fully saturated rings. The van der Waals surface area contributed by atoms with Crippen LogP contribution < -0.4 is 10.2 Å². The minimum Gasteiger partial charge on any atom is -0.481 e. The van der Waals surface area contributed by atoms with Gasteiger partial charge < -0.3 is 15.3 Å². The Kier molecular flexibility index (Phi) is 5.31. The molecule has 1 saturated heterocycles. The summed E-state index contributed by atoms with van der Waals surface area (Å²) in [6.45, 7) is 0.716. The molecule has 0 bridgehead atoms. The molecule has 0 spiro atoms. The maximum Gasteiger partial charge on any atom is 0.303 e. The second-order valence-electron chi connectivity index (χ2n) is 6.24. The quantitative estimate of drug-likeness (QED) is 0.836. The van der Waals surface area contributed by atoms with Gasteiger partial charge in [0.15, 0.2) is 0 Å². The number of amides is 2. The van der Waals surface area contributed by atoms with E-state index in [4.69, 9.17) is 5.11 Å². The Hall–Kier alpha value is -3.15. The molecule has 26 heavy (non-hydrogen) atoms. The van der Waals surface area contributed by atoms with Crippen LogP contribution in [0.25, 0.3) is 0 Å². The molecule has 0 saturated carbocycles. The van der Waals surface area contributed by atoms with Crippen molar-refractivity contribution in [2.45, 2.75) is 25.7 Å². The summed E-state index contributed by atoms with van der Waals surface area (Å²) in [6, 6.07) is 14.1. The second-order valence-corrected chi connectivity index (χ2v) is 6.24. The number of carboxylic acids is 1. The van der Waals surface area contributed by atoms with E-state index >= 15 is 0 Å². The Morgan fingerprint density at radius 1 is 1.12 bits per heavy atom. The van der Waals surface area contributed by atoms with Crippen molar-refractivity contribution >= 4 is 29.2 Å². The first kappa shape index (κ1) is 17.7. The van der Waals surface area contributed by atoms with Crippen molar-refractivity contribution in [3.8, 4) is 0 Å². The van der Waals surface area contributed by atoms with Crippen molar-refractivity contribution in [1.29, 1.82) is 0 Å². The highest BCUT2D eigenvalue weighted by Crippen LogP contribution is 2.22. The number of aliphatic carboxylic acids is 1. The lowest BCUT2D eigenvalue weighted by atomic mass is 10.1. The van der Waals surface area contributed by atoms with Crippen LogP contribution in [-0.2, 0) is 16.0 Å². The van der Waals surface area contributed by atoms with E-state index in [0.717, 1.165) is 17.7 Å². The molecule has 0 aromatic heterocycles. The maximum absolute atomic E-state index is 12.4. The van der Waals surface area contributed by atoms with Crippen molar-refractivity contribution in [3.05, 3.63) is 59.7 Å². The van der Waals surface area contributed by atoms with Crippen molar-refractivity contribution in [2.75, 3.05) is 16.8 Å². The zero-order valence-corrected chi connectivity index (χ0v) is 14.3. The summed E-state index contributed by atoms with van der Waals surface area (Å²) >= 11 is 0. The van der Waals surface area contributed by atoms with Gasteiger partial charge in [-0.05, 0) is 54.8 Å². The number of aryl methyl sites for hydroxylation is 1. The van der Waals surface area contributed by atoms with E-state index in [1.165, 1.54) is 0 Å². The van der Waals surface area contributed by atoms with Crippen LogP contribution in [-0.4, -0.2) is 29.4 Å². The lowest BCUT2D eigenvalue weighted by molar-refractivity contribution is -0.137. The summed E-state index contributed by atoms with van der Waals surface area (Å²) in [7, 11) is 0. The molecule has 2 aromatic rings. The van der Waals surface area contributed by atoms with E-state index in [1.54, 1.807) is 47.4 Å². The van der Waals surface area contributed by atoms with Crippen molar-refractivity contribution in [3.63, 3.8) is 0 Å². The average molecular weight is 352 g/mol. The standard InChI is InChI=1S/C20H20N2O4/c23-18-5-2-12-22(18)17-9-7-15(8-10-17)20(26)21-16-4-1-3-14(13-16)6-11-19(24)25/h1,3-4,7-10,13H,2,5-6,11-12H2,(H,21,26)(H,24,25). The normalized spacial score (nSPS) is 13.7. The third-order valence-electron chi connectivity index (χ3n) is 4.33. The van der Waals surface area contributed by atoms with E-state index in [2.05, 4.69) is 5.32 Å². The Balaban J connectivity index is 1.65. The van der Waals surface area contributed by atoms with Gasteiger partial charge >= 0.3 is 5.97 Å². The van der Waals surface area contributed by atoms with Gasteiger partial charge in [-0.15, -0.1) is 0 Å². The number of nitrogens with zero attached hydrogens (tertiary/aromatic N) is 1. The summed E-state index contributed by atoms with van der Waals surface area (Å²) in [5, 5.41) is 11.6. The summed E-state index contributed by atoms with van der Waals surface area (Å²) in [5.74, 6) is -0.990. The van der Waals surface area contributed by atoms with Crippen molar-refractivity contribution in [1.82, 2.24) is 0 Å². The van der Waals surface area contributed by atoms with Crippen molar-refractivity contribution in [2.24, 2.45) is 0 Å². The summed E-state index contributed by atoms with van der Waals surface area (Å²) < 4.78 is 0. The first-order valence-electron chi connectivity index (χ1n) is 8.55. The minimum atomic E-state index is -0.851. The largest absolute Gasteiger partial charge is 0.481 e. The topological polar surface area (TPSA) is 86.7 Å². The molecular weight excluding hydrogens is 332 g/mol. The van der Waals surface area contributed by atoms with Gasteiger partial charge in [-0.3, -0.25) is 14.4 Å². The van der Waals surface area contributed by atoms with E-state index < -0.39 is 5.97 Å². The molecule has 3 rings (SSSR count). The van der Waals surface area contributed by atoms with E-state index in [9.17, 15) is 14.4 Å². The molecule has 0 radical (unpaired) electrons. The van der Waals surface area contributed by atoms with Gasteiger partial charge in [0.1, 0.15) is 0 Å². The van der Waals surface area contributed by atoms with Gasteiger partial charge in [0, 0.05) is 36.3 Å². The minimum absolute atomic E-state index is 0.0497. The molecule has 1 heterocycles. The molecule has 2 N–H and O–H groups in total. The predicted molar refractivity (Wildman–Crippen MR) is 98.4 cm³/mol. The number of nitrogens with one attached hydrogen (secondary N) is 1. The van der Waals surface area contributed by atoms with Crippen LogP contribution >= 0.6 is 0 Å². The Labute approximate surface area is 151 Å². The van der Waals surface area contributed by atoms with Crippen LogP contribution in [0.15, 0.2) is 48.5 Å². The predicted octanol–water partition coefficient (Wildman–Crippen LogP) is 3.08. The molecule has 0 unspecified atom stereocenters. The van der Waals surface area contributed by atoms with Crippen LogP contribution in [0, 0.1) is 0 Å². The first-order valence-corrected chi connectivity index (χ1v) is 8.55. The SMILES string of the molecule is O=C(O)CCc1cccc(NC(=O)c2ccc(N3CCCC3=O)cc2)c1. The fourth-order valence-electron chi connectivity index (χ4n) is 2.97. The van der Waals surface area contributed by atoms with Gasteiger partial charge in [0.25, 0.3) is 5.91 Å². The third kappa shape index (κ3) is 4.27. The number of hydrogen-bond donors (Lipinski definition) is 2. The number of carbonyl (C=O) groups excluding carboxylic acids is 2. The summed E-state index contributed by atoms with van der Waals surface area (Å²) in [4.78, 5) is 36.6. The lowest BCUT2D eigenvalue weighted by Gasteiger charge is -2.15. The average Bonchev–Trinajstić information content (AvgIpc) is 3.06. The van der Waals surface area contributed by atoms with Crippen molar-refractivity contribution < 1.29 is 19.5 Å². The van der Waals surface area contributed by atoms with Gasteiger partial charge in [0.05, 0.1) is 0 Å². The number of anilines is 2. The van der Waals surface area contributed by atoms with E-state index in [0.29, 0.717) is 30.6 Å². The Morgan fingerprint density at radius 3 is 2.54 bits per heavy atom. The summed E-state index contributed by atoms with van der Waals surface area (Å²) in [6.07, 6.45) is 1.89. The fraction of sp³-hybridized carbons (Fsp3) is 0.250. The molecule has 2 amide bonds. The van der Waals surface area contributed by atoms with Crippen LogP contribution in [0.4, 0.5) is 11.4 Å². The molecule has 1 aliphatic rings. The molecule has 0 aliphatic carbocycles. The Bertz CT molecular complexity index is 830. The Morgan fingerprint density at radius 2 is 1.88 bits per heavy atom. The molecule has 0 atom stereocenters. The van der Waals surface area contributed by atoms with Crippen LogP contribution in [0.2, 0.25) is 0 Å². The number of carbonyl (C=O) groups is 3. The van der Waals surface area contributed by atoms with Crippen LogP contribution in [0.3, 0.4) is 0 Å². The van der Waals surface area contributed by atoms with Gasteiger partial charge in [0.2, 0.25) is 5.91 Å². The molecule has 134 valence electrons. The molecular formula is C20H20N2O4. The number of rotatable bonds is 6. The number of carboxylic acid groups (broad SMARTS) is 1. The molecule has 2 aromatic carbocycles. The first-order chi connectivity index (χ1) is 12.5. The molecule has 6 heteroatoms. The monoisotopic (exact) mass is 352 g/mol. The zero-order chi connectivity index (χ0) is 18.5. The fourth-order valence-corrected chi connectivity index (χ4v) is 2.97. The molecule has 1 aliphatic heterocycles. The zero-order valence-electron chi connectivity index (χ0n) is 14.3.